The van der Waals surface area contributed by atoms with Crippen molar-refractivity contribution < 1.29 is 19.1 Å². The fraction of sp³-hybridized carbons (Fsp3) is 0.692. The van der Waals surface area contributed by atoms with Gasteiger partial charge in [-0.15, -0.1) is 4.73 Å². The maximum Gasteiger partial charge on any atom is 0.338 e. The first-order chi connectivity index (χ1) is 9.29. The lowest BCUT2D eigenvalue weighted by molar-refractivity contribution is -0.153. The van der Waals surface area contributed by atoms with Gasteiger partial charge in [0.05, 0.1) is 11.6 Å². The molecule has 0 unspecified atom stereocenters. The van der Waals surface area contributed by atoms with Crippen molar-refractivity contribution >= 4 is 11.9 Å². The van der Waals surface area contributed by atoms with Crippen LogP contribution in [0.25, 0.3) is 0 Å². The summed E-state index contributed by atoms with van der Waals surface area (Å²) >= 11 is 0. The average Bonchev–Trinajstić information content (AvgIpc) is 2.69. The van der Waals surface area contributed by atoms with E-state index < -0.39 is 17.7 Å². The van der Waals surface area contributed by atoms with E-state index in [2.05, 4.69) is 4.98 Å². The van der Waals surface area contributed by atoms with E-state index in [1.165, 1.54) is 6.20 Å². The zero-order chi connectivity index (χ0) is 15.3. The van der Waals surface area contributed by atoms with Crippen LogP contribution in [-0.4, -0.2) is 28.9 Å². The highest BCUT2D eigenvalue weighted by Gasteiger charge is 2.26. The van der Waals surface area contributed by atoms with Gasteiger partial charge in [-0.2, -0.15) is 0 Å². The number of carbonyl (C=O) groups excluding carboxylic acids is 1. The Morgan fingerprint density at radius 1 is 1.35 bits per heavy atom. The van der Waals surface area contributed by atoms with Crippen LogP contribution in [0.15, 0.2) is 6.20 Å². The van der Waals surface area contributed by atoms with Crippen LogP contribution in [-0.2, 0) is 14.3 Å². The molecule has 2 N–H and O–H groups in total. The molecule has 0 aromatic carbocycles. The Labute approximate surface area is 119 Å². The van der Waals surface area contributed by atoms with Gasteiger partial charge in [0, 0.05) is 13.2 Å². The lowest BCUT2D eigenvalue weighted by Gasteiger charge is -2.16. The summed E-state index contributed by atoms with van der Waals surface area (Å²) in [6.45, 7) is 9.92. The second-order valence-electron chi connectivity index (χ2n) is 5.22. The van der Waals surface area contributed by atoms with Crippen molar-refractivity contribution in [3.63, 3.8) is 0 Å². The molecule has 1 rings (SSSR count). The fourth-order valence-electron chi connectivity index (χ4n) is 1.33. The van der Waals surface area contributed by atoms with Gasteiger partial charge in [0.1, 0.15) is 5.69 Å². The number of aromatic nitrogens is 2. The highest BCUT2D eigenvalue weighted by molar-refractivity contribution is 5.75. The number of hydrogen-bond donors (Lipinski definition) is 1. The van der Waals surface area contributed by atoms with Crippen LogP contribution in [0.4, 0.5) is 5.95 Å². The molecule has 0 aliphatic rings. The van der Waals surface area contributed by atoms with E-state index in [9.17, 15) is 4.79 Å². The molecule has 0 saturated heterocycles. The molecule has 0 fully saturated rings. The topological polar surface area (TPSA) is 88.6 Å². The van der Waals surface area contributed by atoms with Gasteiger partial charge in [-0.25, -0.2) is 9.78 Å². The summed E-state index contributed by atoms with van der Waals surface area (Å²) in [6, 6.07) is 0. The Morgan fingerprint density at radius 2 is 1.90 bits per heavy atom. The first-order valence-electron chi connectivity index (χ1n) is 6.60. The van der Waals surface area contributed by atoms with Crippen molar-refractivity contribution in [2.75, 3.05) is 18.9 Å². The van der Waals surface area contributed by atoms with Crippen molar-refractivity contribution in [2.24, 2.45) is 5.41 Å². The van der Waals surface area contributed by atoms with Gasteiger partial charge < -0.3 is 20.0 Å². The largest absolute Gasteiger partial charge is 0.367 e. The zero-order valence-corrected chi connectivity index (χ0v) is 12.7. The number of nitrogens with zero attached hydrogens (tertiary/aromatic N) is 2. The van der Waals surface area contributed by atoms with Gasteiger partial charge in [-0.05, 0) is 34.6 Å². The SMILES string of the molecule is CCOC(OCC)c1cn(OC(=O)C(C)(C)C)c(N)n1. The molecular weight excluding hydrogens is 262 g/mol. The van der Waals surface area contributed by atoms with E-state index >= 15 is 0 Å². The van der Waals surface area contributed by atoms with Crippen LogP contribution in [0.5, 0.6) is 0 Å². The van der Waals surface area contributed by atoms with Gasteiger partial charge in [0.25, 0.3) is 0 Å². The van der Waals surface area contributed by atoms with E-state index in [0.29, 0.717) is 18.9 Å². The first kappa shape index (κ1) is 16.5. The van der Waals surface area contributed by atoms with Crippen molar-refractivity contribution in [3.05, 3.63) is 11.9 Å². The van der Waals surface area contributed by atoms with E-state index in [1.807, 2.05) is 13.8 Å². The summed E-state index contributed by atoms with van der Waals surface area (Å²) in [6.07, 6.45) is 0.872. The van der Waals surface area contributed by atoms with E-state index in [4.69, 9.17) is 20.0 Å². The van der Waals surface area contributed by atoms with Gasteiger partial charge in [-0.3, -0.25) is 0 Å². The number of ether oxygens (including phenoxy) is 2. The molecule has 0 amide bonds. The third-order valence-electron chi connectivity index (χ3n) is 2.39. The minimum atomic E-state index is -0.629. The van der Waals surface area contributed by atoms with Crippen molar-refractivity contribution in [3.8, 4) is 0 Å². The number of nitrogen functional groups attached to an aromatic ring is 1. The van der Waals surface area contributed by atoms with Crippen LogP contribution >= 0.6 is 0 Å². The summed E-state index contributed by atoms with van der Waals surface area (Å²) in [4.78, 5) is 21.1. The van der Waals surface area contributed by atoms with Gasteiger partial charge >= 0.3 is 5.97 Å². The molecule has 0 atom stereocenters. The Hall–Kier alpha value is -1.60. The molecule has 1 aromatic rings. The second kappa shape index (κ2) is 6.71. The second-order valence-corrected chi connectivity index (χ2v) is 5.22. The predicted octanol–water partition coefficient (Wildman–Crippen LogP) is 1.54. The molecule has 1 aromatic heterocycles. The normalized spacial score (nSPS) is 11.9. The Morgan fingerprint density at radius 3 is 2.35 bits per heavy atom. The highest BCUT2D eigenvalue weighted by atomic mass is 16.7. The monoisotopic (exact) mass is 285 g/mol. The molecule has 0 saturated carbocycles. The van der Waals surface area contributed by atoms with Crippen molar-refractivity contribution in [2.45, 2.75) is 40.9 Å². The number of anilines is 1. The quantitative estimate of drug-likeness (QED) is 0.797. The molecule has 0 aliphatic carbocycles. The summed E-state index contributed by atoms with van der Waals surface area (Å²) < 4.78 is 12.0. The molecule has 7 heteroatoms. The molecule has 0 spiro atoms. The van der Waals surface area contributed by atoms with Gasteiger partial charge in [0.15, 0.2) is 0 Å². The van der Waals surface area contributed by atoms with Crippen molar-refractivity contribution in [1.82, 2.24) is 9.71 Å². The number of nitrogens with two attached hydrogens (primary N) is 1. The summed E-state index contributed by atoms with van der Waals surface area (Å²) in [5, 5.41) is 0. The maximum absolute atomic E-state index is 11.8. The highest BCUT2D eigenvalue weighted by Crippen LogP contribution is 2.20. The number of imidazole rings is 1. The Kier molecular flexibility index (Phi) is 5.52. The van der Waals surface area contributed by atoms with Crippen LogP contribution in [0.2, 0.25) is 0 Å². The molecule has 0 radical (unpaired) electrons. The Balaban J connectivity index is 2.88. The predicted molar refractivity (Wildman–Crippen MR) is 73.7 cm³/mol. The zero-order valence-electron chi connectivity index (χ0n) is 12.7. The molecule has 20 heavy (non-hydrogen) atoms. The van der Waals surface area contributed by atoms with Crippen LogP contribution in [0, 0.1) is 5.41 Å². The van der Waals surface area contributed by atoms with Crippen LogP contribution in [0.3, 0.4) is 0 Å². The third kappa shape index (κ3) is 4.21. The van der Waals surface area contributed by atoms with E-state index in [-0.39, 0.29) is 5.95 Å². The fourth-order valence-corrected chi connectivity index (χ4v) is 1.33. The number of hydrogen-bond acceptors (Lipinski definition) is 6. The molecule has 0 aliphatic heterocycles. The van der Waals surface area contributed by atoms with Gasteiger partial charge in [0.2, 0.25) is 12.2 Å². The summed E-state index contributed by atoms with van der Waals surface area (Å²) in [5.41, 5.74) is 5.56. The van der Waals surface area contributed by atoms with Gasteiger partial charge in [-0.1, -0.05) is 0 Å². The van der Waals surface area contributed by atoms with E-state index in [1.54, 1.807) is 20.8 Å². The van der Waals surface area contributed by atoms with Crippen LogP contribution < -0.4 is 10.6 Å². The Bertz CT molecular complexity index is 445. The van der Waals surface area contributed by atoms with Crippen molar-refractivity contribution in [1.29, 1.82) is 0 Å². The first-order valence-corrected chi connectivity index (χ1v) is 6.60. The lowest BCUT2D eigenvalue weighted by Crippen LogP contribution is -2.31. The molecule has 7 nitrogen and oxygen atoms in total. The lowest BCUT2D eigenvalue weighted by atomic mass is 9.98. The smallest absolute Gasteiger partial charge is 0.338 e. The summed E-state index contributed by atoms with van der Waals surface area (Å²) in [5.74, 6) is -0.334. The standard InChI is InChI=1S/C13H23N3O4/c1-6-18-10(19-7-2)9-8-16(12(14)15-9)20-11(17)13(3,4)5/h8,10H,6-7H2,1-5H3,(H2,14,15). The average molecular weight is 285 g/mol. The van der Waals surface area contributed by atoms with E-state index in [0.717, 1.165) is 4.73 Å². The molecule has 0 bridgehead atoms. The molecular formula is C13H23N3O4. The molecule has 1 heterocycles. The molecule has 114 valence electrons. The van der Waals surface area contributed by atoms with Crippen LogP contribution in [0.1, 0.15) is 46.6 Å². The number of rotatable bonds is 6. The number of carbonyl (C=O) groups is 1. The maximum atomic E-state index is 11.8. The minimum absolute atomic E-state index is 0.0713. The minimum Gasteiger partial charge on any atom is -0.367 e. The third-order valence-corrected chi connectivity index (χ3v) is 2.39. The summed E-state index contributed by atoms with van der Waals surface area (Å²) in [7, 11) is 0.